The molecule has 0 aromatic heterocycles. The first-order valence-electron chi connectivity index (χ1n) is 8.97. The van der Waals surface area contributed by atoms with Crippen molar-refractivity contribution in [3.8, 4) is 0 Å². The van der Waals surface area contributed by atoms with E-state index in [4.69, 9.17) is 28.3 Å². The maximum atomic E-state index is 11.2. The van der Waals surface area contributed by atoms with Crippen molar-refractivity contribution in [2.75, 3.05) is 0 Å². The zero-order valence-corrected chi connectivity index (χ0v) is 18.4. The van der Waals surface area contributed by atoms with Crippen LogP contribution in [-0.2, 0) is 15.4 Å². The summed E-state index contributed by atoms with van der Waals surface area (Å²) in [6, 6.07) is 13.2. The van der Waals surface area contributed by atoms with E-state index >= 15 is 0 Å². The Kier molecular flexibility index (Phi) is 7.74. The normalized spacial score (nSPS) is 21.0. The molecule has 3 rings (SSSR count). The molecule has 0 saturated carbocycles. The summed E-state index contributed by atoms with van der Waals surface area (Å²) in [4.78, 5) is 10.0. The van der Waals surface area contributed by atoms with E-state index in [9.17, 15) is 13.2 Å². The lowest BCUT2D eigenvalue weighted by atomic mass is 9.72. The molecular formula is C21H23Cl2NO4S. The number of halogens is 2. The summed E-state index contributed by atoms with van der Waals surface area (Å²) in [6.45, 7) is 4.55. The third-order valence-corrected chi connectivity index (χ3v) is 6.73. The molecule has 29 heavy (non-hydrogen) atoms. The van der Waals surface area contributed by atoms with Crippen LogP contribution in [0.5, 0.6) is 0 Å². The first kappa shape index (κ1) is 23.3. The number of nitrogens with one attached hydrogen (secondary N) is 1. The third-order valence-electron chi connectivity index (χ3n) is 4.65. The molecule has 0 aliphatic heterocycles. The van der Waals surface area contributed by atoms with Crippen LogP contribution in [0.25, 0.3) is 0 Å². The Balaban J connectivity index is 0.000000212. The van der Waals surface area contributed by atoms with Crippen LogP contribution in [0.3, 0.4) is 0 Å². The fourth-order valence-corrected chi connectivity index (χ4v) is 4.44. The van der Waals surface area contributed by atoms with Gasteiger partial charge in [-0.15, -0.1) is 0 Å². The van der Waals surface area contributed by atoms with Crippen molar-refractivity contribution in [2.24, 2.45) is 5.92 Å². The van der Waals surface area contributed by atoms with Crippen molar-refractivity contribution in [1.82, 2.24) is 4.72 Å². The Hall–Kier alpha value is -2.02. The lowest BCUT2D eigenvalue weighted by molar-refractivity contribution is 0.201. The second-order valence-electron chi connectivity index (χ2n) is 7.22. The molecule has 2 N–H and O–H groups in total. The van der Waals surface area contributed by atoms with Gasteiger partial charge in [-0.2, -0.15) is 0 Å². The van der Waals surface area contributed by atoms with E-state index in [0.717, 1.165) is 5.92 Å². The molecular weight excluding hydrogens is 433 g/mol. The summed E-state index contributed by atoms with van der Waals surface area (Å²) in [5.74, 6) is 0.726. The zero-order chi connectivity index (χ0) is 21.7. The molecule has 8 heteroatoms. The Morgan fingerprint density at radius 3 is 2.34 bits per heavy atom. The summed E-state index contributed by atoms with van der Waals surface area (Å²) in [5, 5.41) is 9.49. The van der Waals surface area contributed by atoms with E-state index in [2.05, 4.69) is 32.1 Å². The number of allylic oxidation sites excluding steroid dienone is 2. The average molecular weight is 456 g/mol. The van der Waals surface area contributed by atoms with Crippen molar-refractivity contribution in [1.29, 1.82) is 0 Å². The van der Waals surface area contributed by atoms with Crippen LogP contribution in [0.15, 0.2) is 65.6 Å². The summed E-state index contributed by atoms with van der Waals surface area (Å²) >= 11 is 12.0. The van der Waals surface area contributed by atoms with Gasteiger partial charge in [0.05, 0.1) is 14.9 Å². The van der Waals surface area contributed by atoms with Crippen molar-refractivity contribution in [2.45, 2.75) is 37.0 Å². The lowest BCUT2D eigenvalue weighted by Crippen LogP contribution is -2.28. The molecule has 0 fully saturated rings. The van der Waals surface area contributed by atoms with Gasteiger partial charge in [0, 0.05) is 5.41 Å². The Morgan fingerprint density at radius 2 is 1.79 bits per heavy atom. The molecule has 156 valence electrons. The molecule has 0 saturated heterocycles. The minimum Gasteiger partial charge on any atom is -0.464 e. The summed E-state index contributed by atoms with van der Waals surface area (Å²) in [5.41, 5.74) is 1.36. The van der Waals surface area contributed by atoms with Crippen LogP contribution in [-0.4, -0.2) is 19.6 Å². The molecule has 0 radical (unpaired) electrons. The molecule has 2 aromatic carbocycles. The van der Waals surface area contributed by atoms with Gasteiger partial charge >= 0.3 is 6.09 Å². The number of rotatable bonds is 3. The Labute approximate surface area is 181 Å². The highest BCUT2D eigenvalue weighted by atomic mass is 35.5. The van der Waals surface area contributed by atoms with Crippen LogP contribution < -0.4 is 4.72 Å². The van der Waals surface area contributed by atoms with Gasteiger partial charge in [-0.1, -0.05) is 73.5 Å². The summed E-state index contributed by atoms with van der Waals surface area (Å²) in [6.07, 6.45) is 5.32. The van der Waals surface area contributed by atoms with Gasteiger partial charge in [-0.05, 0) is 48.6 Å². The van der Waals surface area contributed by atoms with Gasteiger partial charge in [0.25, 0.3) is 10.0 Å². The fourth-order valence-electron chi connectivity index (χ4n) is 3.27. The molecule has 0 heterocycles. The van der Waals surface area contributed by atoms with E-state index in [1.165, 1.54) is 47.4 Å². The minimum absolute atomic E-state index is 0.0719. The van der Waals surface area contributed by atoms with Gasteiger partial charge in [0.2, 0.25) is 0 Å². The van der Waals surface area contributed by atoms with Crippen molar-refractivity contribution < 1.29 is 18.3 Å². The van der Waals surface area contributed by atoms with Gasteiger partial charge in [0.15, 0.2) is 0 Å². The molecule has 5 nitrogen and oxygen atoms in total. The predicted octanol–water partition coefficient (Wildman–Crippen LogP) is 5.88. The number of hydrogen-bond donors (Lipinski definition) is 2. The van der Waals surface area contributed by atoms with E-state index in [1.807, 2.05) is 12.1 Å². The van der Waals surface area contributed by atoms with E-state index < -0.39 is 16.1 Å². The summed E-state index contributed by atoms with van der Waals surface area (Å²) < 4.78 is 23.7. The van der Waals surface area contributed by atoms with Crippen molar-refractivity contribution in [3.63, 3.8) is 0 Å². The number of carbonyl (C=O) groups is 1. The van der Waals surface area contributed by atoms with Crippen LogP contribution in [0.4, 0.5) is 4.79 Å². The number of sulfonamides is 1. The second-order valence-corrected chi connectivity index (χ2v) is 9.71. The molecule has 1 aliphatic carbocycles. The van der Waals surface area contributed by atoms with Crippen LogP contribution in [0.1, 0.15) is 32.3 Å². The van der Waals surface area contributed by atoms with Crippen molar-refractivity contribution in [3.05, 3.63) is 76.3 Å². The monoisotopic (exact) mass is 455 g/mol. The van der Waals surface area contributed by atoms with Crippen LogP contribution >= 0.6 is 23.2 Å². The SMILES string of the molecule is CC1CC=CC(C)(c2ccc(Cl)c(Cl)c2)C1.O=C(O)NS(=O)(=O)c1ccccc1. The predicted molar refractivity (Wildman–Crippen MR) is 116 cm³/mol. The molecule has 1 aliphatic rings. The van der Waals surface area contributed by atoms with Crippen LogP contribution in [0.2, 0.25) is 10.0 Å². The molecule has 0 spiro atoms. The topological polar surface area (TPSA) is 83.5 Å². The first-order valence-corrected chi connectivity index (χ1v) is 11.2. The van der Waals surface area contributed by atoms with Gasteiger partial charge in [-0.25, -0.2) is 17.9 Å². The lowest BCUT2D eigenvalue weighted by Gasteiger charge is -2.33. The second kappa shape index (κ2) is 9.65. The molecule has 1 amide bonds. The molecule has 0 bridgehead atoms. The quantitative estimate of drug-likeness (QED) is 0.565. The zero-order valence-electron chi connectivity index (χ0n) is 16.1. The number of benzene rings is 2. The third kappa shape index (κ3) is 6.49. The number of hydrogen-bond acceptors (Lipinski definition) is 3. The molecule has 2 unspecified atom stereocenters. The van der Waals surface area contributed by atoms with Crippen molar-refractivity contribution >= 4 is 39.3 Å². The van der Waals surface area contributed by atoms with E-state index in [1.54, 1.807) is 6.07 Å². The standard InChI is InChI=1S/C14H16Cl2.C7H7NO4S/c1-10-4-3-7-14(2,9-10)11-5-6-12(15)13(16)8-11;9-7(10)8-13(11,12)6-4-2-1-3-5-6/h3,5-8,10H,4,9H2,1-2H3;1-5,8H,(H,9,10). The van der Waals surface area contributed by atoms with Gasteiger partial charge < -0.3 is 5.11 Å². The average Bonchev–Trinajstić information content (AvgIpc) is 2.64. The minimum atomic E-state index is -3.91. The largest absolute Gasteiger partial charge is 0.464 e. The highest BCUT2D eigenvalue weighted by Crippen LogP contribution is 2.39. The Morgan fingerprint density at radius 1 is 1.14 bits per heavy atom. The number of amides is 1. The highest BCUT2D eigenvalue weighted by molar-refractivity contribution is 7.90. The van der Waals surface area contributed by atoms with Crippen LogP contribution in [0, 0.1) is 5.92 Å². The summed E-state index contributed by atoms with van der Waals surface area (Å²) in [7, 11) is -3.91. The van der Waals surface area contributed by atoms with E-state index in [0.29, 0.717) is 10.0 Å². The van der Waals surface area contributed by atoms with Gasteiger partial charge in [0.1, 0.15) is 0 Å². The first-order chi connectivity index (χ1) is 13.5. The maximum absolute atomic E-state index is 11.2. The van der Waals surface area contributed by atoms with Gasteiger partial charge in [-0.3, -0.25) is 0 Å². The van der Waals surface area contributed by atoms with E-state index in [-0.39, 0.29) is 10.3 Å². The number of carboxylic acid groups (broad SMARTS) is 1. The molecule has 2 atom stereocenters. The Bertz CT molecular complexity index is 993. The fraction of sp³-hybridized carbons (Fsp3) is 0.286. The highest BCUT2D eigenvalue weighted by Gasteiger charge is 2.28. The molecule has 2 aromatic rings. The maximum Gasteiger partial charge on any atom is 0.418 e. The smallest absolute Gasteiger partial charge is 0.418 e.